The number of pyridine rings is 1. The molecule has 0 saturated heterocycles. The second kappa shape index (κ2) is 8.62. The third-order valence-electron chi connectivity index (χ3n) is 4.09. The van der Waals surface area contributed by atoms with Gasteiger partial charge in [0.25, 0.3) is 5.91 Å². The second-order valence-electron chi connectivity index (χ2n) is 6.18. The molecule has 0 radical (unpaired) electrons. The van der Waals surface area contributed by atoms with Gasteiger partial charge in [0, 0.05) is 34.5 Å². The summed E-state index contributed by atoms with van der Waals surface area (Å²) < 4.78 is 19.1. The van der Waals surface area contributed by atoms with Crippen LogP contribution in [0.2, 0.25) is 0 Å². The topological polar surface area (TPSA) is 64.1 Å². The lowest BCUT2D eigenvalue weighted by Crippen LogP contribution is -2.11. The van der Waals surface area contributed by atoms with Gasteiger partial charge >= 0.3 is 0 Å². The van der Waals surface area contributed by atoms with E-state index in [0.29, 0.717) is 34.3 Å². The fraction of sp³-hybridized carbons (Fsp3) is 0.0455. The van der Waals surface area contributed by atoms with E-state index in [4.69, 9.17) is 4.74 Å². The molecule has 1 amide bonds. The number of carbonyl (C=O) groups is 1. The van der Waals surface area contributed by atoms with Crippen LogP contribution in [-0.4, -0.2) is 15.9 Å². The zero-order chi connectivity index (χ0) is 20.1. The maximum atomic E-state index is 13.4. The molecule has 144 valence electrons. The van der Waals surface area contributed by atoms with Crippen LogP contribution in [0.5, 0.6) is 5.75 Å². The van der Waals surface area contributed by atoms with Crippen molar-refractivity contribution < 1.29 is 13.9 Å². The number of benzene rings is 2. The van der Waals surface area contributed by atoms with Crippen LogP contribution in [0.1, 0.15) is 15.9 Å². The van der Waals surface area contributed by atoms with Gasteiger partial charge in [-0.05, 0) is 42.5 Å². The second-order valence-corrected chi connectivity index (χ2v) is 7.03. The van der Waals surface area contributed by atoms with Gasteiger partial charge in [-0.15, -0.1) is 11.3 Å². The number of amides is 1. The standard InChI is InChI=1S/C22H16FN3O2S/c23-18-5-1-4-17(11-18)20-14-29-22(25-20)26-21(27)16-6-8-19(9-7-16)28-13-15-3-2-10-24-12-15/h1-12,14H,13H2,(H,25,26,27). The molecular formula is C22H16FN3O2S. The van der Waals surface area contributed by atoms with Gasteiger partial charge in [0.05, 0.1) is 5.69 Å². The lowest BCUT2D eigenvalue weighted by Gasteiger charge is -2.07. The van der Waals surface area contributed by atoms with Gasteiger partial charge in [0.15, 0.2) is 5.13 Å². The van der Waals surface area contributed by atoms with Crippen LogP contribution in [0.4, 0.5) is 9.52 Å². The van der Waals surface area contributed by atoms with Gasteiger partial charge in [0.1, 0.15) is 18.2 Å². The van der Waals surface area contributed by atoms with Gasteiger partial charge in [-0.1, -0.05) is 18.2 Å². The van der Waals surface area contributed by atoms with Crippen molar-refractivity contribution in [2.45, 2.75) is 6.61 Å². The van der Waals surface area contributed by atoms with Crippen molar-refractivity contribution in [3.63, 3.8) is 0 Å². The zero-order valence-corrected chi connectivity index (χ0v) is 16.0. The lowest BCUT2D eigenvalue weighted by atomic mass is 10.2. The number of nitrogens with one attached hydrogen (secondary N) is 1. The van der Waals surface area contributed by atoms with Crippen LogP contribution in [0.3, 0.4) is 0 Å². The van der Waals surface area contributed by atoms with E-state index in [2.05, 4.69) is 15.3 Å². The Morgan fingerprint density at radius 1 is 1.10 bits per heavy atom. The third kappa shape index (κ3) is 4.83. The van der Waals surface area contributed by atoms with Crippen molar-refractivity contribution >= 4 is 22.4 Å². The molecule has 0 atom stereocenters. The molecule has 7 heteroatoms. The summed E-state index contributed by atoms with van der Waals surface area (Å²) in [6.45, 7) is 0.404. The molecule has 1 N–H and O–H groups in total. The van der Waals surface area contributed by atoms with Crippen LogP contribution in [0.15, 0.2) is 78.4 Å². The zero-order valence-electron chi connectivity index (χ0n) is 15.2. The largest absolute Gasteiger partial charge is 0.489 e. The predicted molar refractivity (Wildman–Crippen MR) is 110 cm³/mol. The molecular weight excluding hydrogens is 389 g/mol. The highest BCUT2D eigenvalue weighted by atomic mass is 32.1. The third-order valence-corrected chi connectivity index (χ3v) is 4.85. The Balaban J connectivity index is 1.37. The SMILES string of the molecule is O=C(Nc1nc(-c2cccc(F)c2)cs1)c1ccc(OCc2cccnc2)cc1. The molecule has 2 aromatic heterocycles. The van der Waals surface area contributed by atoms with Crippen LogP contribution in [0, 0.1) is 5.82 Å². The lowest BCUT2D eigenvalue weighted by molar-refractivity contribution is 0.102. The Morgan fingerprint density at radius 3 is 2.72 bits per heavy atom. The molecule has 0 spiro atoms. The molecule has 0 aliphatic heterocycles. The molecule has 0 aliphatic rings. The summed E-state index contributed by atoms with van der Waals surface area (Å²) in [5.41, 5.74) is 2.73. The van der Waals surface area contributed by atoms with Crippen molar-refractivity contribution in [2.75, 3.05) is 5.32 Å². The summed E-state index contributed by atoms with van der Waals surface area (Å²) >= 11 is 1.29. The minimum Gasteiger partial charge on any atom is -0.489 e. The van der Waals surface area contributed by atoms with Crippen LogP contribution >= 0.6 is 11.3 Å². The number of aromatic nitrogens is 2. The van der Waals surface area contributed by atoms with Crippen molar-refractivity contribution in [1.82, 2.24) is 9.97 Å². The Hall–Kier alpha value is -3.58. The van der Waals surface area contributed by atoms with Gasteiger partial charge in [-0.2, -0.15) is 0 Å². The van der Waals surface area contributed by atoms with Crippen molar-refractivity contribution in [2.24, 2.45) is 0 Å². The molecule has 0 aliphatic carbocycles. The molecule has 0 saturated carbocycles. The van der Waals surface area contributed by atoms with E-state index in [9.17, 15) is 9.18 Å². The summed E-state index contributed by atoms with van der Waals surface area (Å²) in [6, 6.07) is 16.8. The summed E-state index contributed by atoms with van der Waals surface area (Å²) in [5.74, 6) is 0.0592. The number of hydrogen-bond donors (Lipinski definition) is 1. The first-order valence-corrected chi connectivity index (χ1v) is 9.70. The average Bonchev–Trinajstić information content (AvgIpc) is 3.22. The van der Waals surface area contributed by atoms with Gasteiger partial charge in [-0.25, -0.2) is 9.37 Å². The molecule has 4 rings (SSSR count). The summed E-state index contributed by atoms with van der Waals surface area (Å²) in [5, 5.41) is 4.99. The average molecular weight is 405 g/mol. The fourth-order valence-electron chi connectivity index (χ4n) is 2.63. The Morgan fingerprint density at radius 2 is 1.97 bits per heavy atom. The van der Waals surface area contributed by atoms with Crippen molar-refractivity contribution in [3.05, 3.63) is 95.4 Å². The first-order valence-electron chi connectivity index (χ1n) is 8.82. The smallest absolute Gasteiger partial charge is 0.257 e. The first-order chi connectivity index (χ1) is 14.2. The Bertz CT molecular complexity index is 1110. The fourth-order valence-corrected chi connectivity index (χ4v) is 3.35. The molecule has 0 bridgehead atoms. The minimum absolute atomic E-state index is 0.274. The highest BCUT2D eigenvalue weighted by Gasteiger charge is 2.11. The summed E-state index contributed by atoms with van der Waals surface area (Å²) in [7, 11) is 0. The quantitative estimate of drug-likeness (QED) is 0.480. The molecule has 2 heterocycles. The van der Waals surface area contributed by atoms with E-state index in [0.717, 1.165) is 5.56 Å². The molecule has 2 aromatic carbocycles. The first kappa shape index (κ1) is 18.8. The molecule has 29 heavy (non-hydrogen) atoms. The Kier molecular flexibility index (Phi) is 5.58. The highest BCUT2D eigenvalue weighted by Crippen LogP contribution is 2.26. The van der Waals surface area contributed by atoms with E-state index in [1.807, 2.05) is 12.1 Å². The van der Waals surface area contributed by atoms with Crippen molar-refractivity contribution in [1.29, 1.82) is 0 Å². The van der Waals surface area contributed by atoms with E-state index < -0.39 is 0 Å². The van der Waals surface area contributed by atoms with Crippen LogP contribution in [0.25, 0.3) is 11.3 Å². The number of hydrogen-bond acceptors (Lipinski definition) is 5. The Labute approximate surface area is 170 Å². The summed E-state index contributed by atoms with van der Waals surface area (Å²) in [4.78, 5) is 20.9. The molecule has 5 nitrogen and oxygen atoms in total. The van der Waals surface area contributed by atoms with Gasteiger partial charge in [-0.3, -0.25) is 15.1 Å². The monoisotopic (exact) mass is 405 g/mol. The normalized spacial score (nSPS) is 10.5. The van der Waals surface area contributed by atoms with Crippen LogP contribution in [-0.2, 0) is 6.61 Å². The van der Waals surface area contributed by atoms with Gasteiger partial charge in [0.2, 0.25) is 0 Å². The number of halogens is 1. The number of anilines is 1. The highest BCUT2D eigenvalue weighted by molar-refractivity contribution is 7.14. The number of nitrogens with zero attached hydrogens (tertiary/aromatic N) is 2. The van der Waals surface area contributed by atoms with E-state index in [1.165, 1.54) is 23.5 Å². The maximum absolute atomic E-state index is 13.4. The molecule has 0 fully saturated rings. The molecule has 4 aromatic rings. The predicted octanol–water partition coefficient (Wildman–Crippen LogP) is 5.18. The van der Waals surface area contributed by atoms with Crippen molar-refractivity contribution in [3.8, 4) is 17.0 Å². The number of carbonyl (C=O) groups excluding carboxylic acids is 1. The molecule has 0 unspecified atom stereocenters. The van der Waals surface area contributed by atoms with E-state index in [1.54, 1.807) is 54.2 Å². The number of rotatable bonds is 6. The number of thiazole rings is 1. The van der Waals surface area contributed by atoms with Gasteiger partial charge < -0.3 is 4.74 Å². The maximum Gasteiger partial charge on any atom is 0.257 e. The van der Waals surface area contributed by atoms with E-state index >= 15 is 0 Å². The number of ether oxygens (including phenoxy) is 1. The minimum atomic E-state index is -0.327. The summed E-state index contributed by atoms with van der Waals surface area (Å²) in [6.07, 6.45) is 3.45. The van der Waals surface area contributed by atoms with E-state index in [-0.39, 0.29) is 11.7 Å². The van der Waals surface area contributed by atoms with Crippen LogP contribution < -0.4 is 10.1 Å².